The number of amides is 2. The number of methoxy groups -OCH3 is 1. The Bertz CT molecular complexity index is 527. The normalized spacial score (nSPS) is 13.2. The molecule has 6 heteroatoms. The first-order valence-electron chi connectivity index (χ1n) is 6.86. The second kappa shape index (κ2) is 7.08. The van der Waals surface area contributed by atoms with Crippen LogP contribution in [0, 0.1) is 0 Å². The molecule has 0 bridgehead atoms. The van der Waals surface area contributed by atoms with Crippen LogP contribution < -0.4 is 21.1 Å². The number of ether oxygens (including phenoxy) is 1. The first-order valence-corrected chi connectivity index (χ1v) is 6.86. The third-order valence-corrected chi connectivity index (χ3v) is 3.06. The minimum atomic E-state index is -0.918. The highest BCUT2D eigenvalue weighted by molar-refractivity contribution is 5.98. The highest BCUT2D eigenvalue weighted by atomic mass is 16.5. The predicted molar refractivity (Wildman–Crippen MR) is 83.4 cm³/mol. The number of hydrogen-bond donors (Lipinski definition) is 3. The summed E-state index contributed by atoms with van der Waals surface area (Å²) in [4.78, 5) is 23.2. The zero-order chi connectivity index (χ0) is 16.0. The number of anilines is 2. The van der Waals surface area contributed by atoms with E-state index < -0.39 is 5.54 Å². The van der Waals surface area contributed by atoms with Crippen molar-refractivity contribution in [2.24, 2.45) is 5.73 Å². The van der Waals surface area contributed by atoms with Crippen molar-refractivity contribution in [3.05, 3.63) is 18.2 Å². The van der Waals surface area contributed by atoms with E-state index in [1.54, 1.807) is 25.1 Å². The van der Waals surface area contributed by atoms with E-state index in [-0.39, 0.29) is 11.8 Å². The molecule has 0 saturated heterocycles. The summed E-state index contributed by atoms with van der Waals surface area (Å²) < 4.78 is 5.20. The summed E-state index contributed by atoms with van der Waals surface area (Å²) in [5.41, 5.74) is 6.18. The SMILES string of the molecule is CCCC(C)(N)C(=O)Nc1ccc(NC(C)=O)c(OC)c1. The molecule has 6 nitrogen and oxygen atoms in total. The summed E-state index contributed by atoms with van der Waals surface area (Å²) in [6.45, 7) is 5.10. The lowest BCUT2D eigenvalue weighted by Crippen LogP contribution is -2.48. The Morgan fingerprint density at radius 3 is 2.52 bits per heavy atom. The molecule has 1 rings (SSSR count). The molecule has 0 spiro atoms. The molecule has 1 unspecified atom stereocenters. The van der Waals surface area contributed by atoms with Crippen LogP contribution >= 0.6 is 0 Å². The molecule has 4 N–H and O–H groups in total. The lowest BCUT2D eigenvalue weighted by molar-refractivity contribution is -0.120. The van der Waals surface area contributed by atoms with Gasteiger partial charge in [-0.2, -0.15) is 0 Å². The van der Waals surface area contributed by atoms with E-state index in [2.05, 4.69) is 10.6 Å². The Balaban J connectivity index is 2.90. The average Bonchev–Trinajstić information content (AvgIpc) is 2.39. The number of nitrogens with two attached hydrogens (primary N) is 1. The van der Waals surface area contributed by atoms with Crippen molar-refractivity contribution < 1.29 is 14.3 Å². The van der Waals surface area contributed by atoms with Gasteiger partial charge in [0.25, 0.3) is 0 Å². The van der Waals surface area contributed by atoms with Gasteiger partial charge < -0.3 is 21.1 Å². The first-order chi connectivity index (χ1) is 9.80. The maximum Gasteiger partial charge on any atom is 0.244 e. The van der Waals surface area contributed by atoms with Crippen molar-refractivity contribution >= 4 is 23.2 Å². The number of carbonyl (C=O) groups excluding carboxylic acids is 2. The van der Waals surface area contributed by atoms with Crippen LogP contribution in [0.1, 0.15) is 33.6 Å². The minimum Gasteiger partial charge on any atom is -0.494 e. The molecule has 0 radical (unpaired) electrons. The third kappa shape index (κ3) is 4.75. The Morgan fingerprint density at radius 1 is 1.33 bits per heavy atom. The van der Waals surface area contributed by atoms with Crippen LogP contribution in [0.4, 0.5) is 11.4 Å². The molecule has 0 aliphatic rings. The third-order valence-electron chi connectivity index (χ3n) is 3.06. The van der Waals surface area contributed by atoms with Gasteiger partial charge in [0.1, 0.15) is 5.75 Å². The largest absolute Gasteiger partial charge is 0.494 e. The van der Waals surface area contributed by atoms with Crippen molar-refractivity contribution in [3.63, 3.8) is 0 Å². The van der Waals surface area contributed by atoms with Gasteiger partial charge >= 0.3 is 0 Å². The molecule has 0 aromatic heterocycles. The van der Waals surface area contributed by atoms with Gasteiger partial charge in [-0.15, -0.1) is 0 Å². The van der Waals surface area contributed by atoms with Gasteiger partial charge in [0.2, 0.25) is 11.8 Å². The van der Waals surface area contributed by atoms with Crippen LogP contribution in [0.5, 0.6) is 5.75 Å². The van der Waals surface area contributed by atoms with E-state index in [4.69, 9.17) is 10.5 Å². The van der Waals surface area contributed by atoms with E-state index in [0.29, 0.717) is 23.5 Å². The number of hydrogen-bond acceptors (Lipinski definition) is 4. The summed E-state index contributed by atoms with van der Waals surface area (Å²) in [6.07, 6.45) is 1.42. The molecule has 0 fully saturated rings. The maximum atomic E-state index is 12.1. The van der Waals surface area contributed by atoms with Crippen LogP contribution in [0.25, 0.3) is 0 Å². The van der Waals surface area contributed by atoms with Crippen LogP contribution in [0.3, 0.4) is 0 Å². The van der Waals surface area contributed by atoms with Crippen molar-refractivity contribution in [1.82, 2.24) is 0 Å². The fourth-order valence-corrected chi connectivity index (χ4v) is 1.97. The van der Waals surface area contributed by atoms with E-state index in [0.717, 1.165) is 6.42 Å². The van der Waals surface area contributed by atoms with Crippen LogP contribution in [-0.4, -0.2) is 24.5 Å². The molecule has 0 aliphatic carbocycles. The van der Waals surface area contributed by atoms with Gasteiger partial charge in [0.15, 0.2) is 0 Å². The molecule has 1 aromatic rings. The topological polar surface area (TPSA) is 93.5 Å². The monoisotopic (exact) mass is 293 g/mol. The van der Waals surface area contributed by atoms with Gasteiger partial charge in [-0.25, -0.2) is 0 Å². The fraction of sp³-hybridized carbons (Fsp3) is 0.467. The molecule has 0 saturated carbocycles. The molecule has 0 heterocycles. The second-order valence-electron chi connectivity index (χ2n) is 5.22. The van der Waals surface area contributed by atoms with Gasteiger partial charge in [-0.3, -0.25) is 9.59 Å². The summed E-state index contributed by atoms with van der Waals surface area (Å²) >= 11 is 0. The molecule has 2 amide bonds. The minimum absolute atomic E-state index is 0.192. The lowest BCUT2D eigenvalue weighted by Gasteiger charge is -2.23. The number of carbonyl (C=O) groups is 2. The summed E-state index contributed by atoms with van der Waals surface area (Å²) in [7, 11) is 1.50. The molecule has 0 aliphatic heterocycles. The lowest BCUT2D eigenvalue weighted by atomic mass is 9.96. The van der Waals surface area contributed by atoms with E-state index >= 15 is 0 Å². The van der Waals surface area contributed by atoms with Crippen molar-refractivity contribution in [2.75, 3.05) is 17.7 Å². The van der Waals surface area contributed by atoms with Crippen molar-refractivity contribution in [2.45, 2.75) is 39.2 Å². The zero-order valence-corrected chi connectivity index (χ0v) is 12.9. The van der Waals surface area contributed by atoms with Crippen molar-refractivity contribution in [1.29, 1.82) is 0 Å². The fourth-order valence-electron chi connectivity index (χ4n) is 1.97. The van der Waals surface area contributed by atoms with E-state index in [1.807, 2.05) is 6.92 Å². The second-order valence-corrected chi connectivity index (χ2v) is 5.22. The van der Waals surface area contributed by atoms with Crippen molar-refractivity contribution in [3.8, 4) is 5.75 Å². The highest BCUT2D eigenvalue weighted by Crippen LogP contribution is 2.28. The number of rotatable bonds is 6. The molecule has 1 aromatic carbocycles. The Kier molecular flexibility index (Phi) is 5.72. The van der Waals surface area contributed by atoms with Crippen LogP contribution in [0.2, 0.25) is 0 Å². The smallest absolute Gasteiger partial charge is 0.244 e. The Hall–Kier alpha value is -2.08. The van der Waals surface area contributed by atoms with E-state index in [9.17, 15) is 9.59 Å². The highest BCUT2D eigenvalue weighted by Gasteiger charge is 2.27. The molecule has 1 atom stereocenters. The molecular weight excluding hydrogens is 270 g/mol. The number of benzene rings is 1. The maximum absolute atomic E-state index is 12.1. The summed E-state index contributed by atoms with van der Waals surface area (Å²) in [6, 6.07) is 5.00. The van der Waals surface area contributed by atoms with E-state index in [1.165, 1.54) is 14.0 Å². The molecule has 21 heavy (non-hydrogen) atoms. The Labute approximate surface area is 125 Å². The average molecular weight is 293 g/mol. The molecule has 116 valence electrons. The van der Waals surface area contributed by atoms with Gasteiger partial charge in [-0.1, -0.05) is 13.3 Å². The molecular formula is C15H23N3O3. The van der Waals surface area contributed by atoms with Gasteiger partial charge in [-0.05, 0) is 25.5 Å². The zero-order valence-electron chi connectivity index (χ0n) is 12.9. The van der Waals surface area contributed by atoms with Gasteiger partial charge in [0.05, 0.1) is 18.3 Å². The van der Waals surface area contributed by atoms with Gasteiger partial charge in [0, 0.05) is 18.7 Å². The van der Waals surface area contributed by atoms with Crippen LogP contribution in [-0.2, 0) is 9.59 Å². The first kappa shape index (κ1) is 17.0. The number of nitrogens with one attached hydrogen (secondary N) is 2. The summed E-state index contributed by atoms with van der Waals surface area (Å²) in [5, 5.41) is 5.42. The standard InChI is InChI=1S/C15H23N3O3/c1-5-8-15(3,16)14(20)18-11-6-7-12(17-10(2)19)13(9-11)21-4/h6-7,9H,5,8,16H2,1-4H3,(H,17,19)(H,18,20). The van der Waals surface area contributed by atoms with Crippen LogP contribution in [0.15, 0.2) is 18.2 Å². The summed E-state index contributed by atoms with van der Waals surface area (Å²) in [5.74, 6) is 0.0264. The Morgan fingerprint density at radius 2 is 2.00 bits per heavy atom. The predicted octanol–water partition coefficient (Wildman–Crippen LogP) is 2.11. The quantitative estimate of drug-likeness (QED) is 0.749.